The predicted octanol–water partition coefficient (Wildman–Crippen LogP) is 0.505. The number of likely N-dealkylation sites (tertiary alicyclic amines) is 1. The third-order valence-corrected chi connectivity index (χ3v) is 5.89. The van der Waals surface area contributed by atoms with Gasteiger partial charge in [0.25, 0.3) is 0 Å². The smallest absolute Gasteiger partial charge is 0.317 e. The van der Waals surface area contributed by atoms with Gasteiger partial charge in [0.05, 0.1) is 6.54 Å². The topological polar surface area (TPSA) is 101 Å². The molecule has 4 heterocycles. The summed E-state index contributed by atoms with van der Waals surface area (Å²) in [6.45, 7) is 2.81. The lowest BCUT2D eigenvalue weighted by molar-refractivity contribution is -0.117. The highest BCUT2D eigenvalue weighted by Gasteiger charge is 2.43. The fraction of sp³-hybridized carbons (Fsp3) is 0.722. The van der Waals surface area contributed by atoms with Crippen LogP contribution in [0.3, 0.4) is 0 Å². The molecule has 9 nitrogen and oxygen atoms in total. The standard InChI is InChI=1S/C18H28N6O3/c1-23-7-6-14(22-23)19-15(25)11-24-8-4-12(5-9-24)16-13-3-2-10-27-17(13)21-18(26)20-16/h6-7,12-13,16-17H,2-5,8-11H2,1H3,(H,19,22,25)(H2,20,21,26)/t13-,16-,17-/m0/s1. The van der Waals surface area contributed by atoms with Crippen molar-refractivity contribution in [2.24, 2.45) is 18.9 Å². The largest absolute Gasteiger partial charge is 0.358 e. The third-order valence-electron chi connectivity index (χ3n) is 5.89. The highest BCUT2D eigenvalue weighted by atomic mass is 16.5. The Morgan fingerprint density at radius 2 is 2.15 bits per heavy atom. The average molecular weight is 376 g/mol. The zero-order chi connectivity index (χ0) is 18.8. The minimum atomic E-state index is -0.153. The lowest BCUT2D eigenvalue weighted by atomic mass is 9.77. The monoisotopic (exact) mass is 376 g/mol. The van der Waals surface area contributed by atoms with Crippen LogP contribution in [-0.4, -0.2) is 65.1 Å². The van der Waals surface area contributed by atoms with Crippen molar-refractivity contribution in [1.29, 1.82) is 0 Å². The zero-order valence-corrected chi connectivity index (χ0v) is 15.7. The van der Waals surface area contributed by atoms with Gasteiger partial charge in [-0.2, -0.15) is 5.10 Å². The van der Waals surface area contributed by atoms with E-state index in [4.69, 9.17) is 4.74 Å². The van der Waals surface area contributed by atoms with Gasteiger partial charge >= 0.3 is 6.03 Å². The summed E-state index contributed by atoms with van der Waals surface area (Å²) in [5, 5.41) is 13.0. The second-order valence-corrected chi connectivity index (χ2v) is 7.78. The minimum absolute atomic E-state index is 0.0388. The third kappa shape index (κ3) is 4.24. The molecule has 0 radical (unpaired) electrons. The summed E-state index contributed by atoms with van der Waals surface area (Å²) in [7, 11) is 1.82. The molecule has 3 amide bonds. The van der Waals surface area contributed by atoms with E-state index in [9.17, 15) is 9.59 Å². The number of nitrogens with one attached hydrogen (secondary N) is 3. The molecular weight excluding hydrogens is 348 g/mol. The van der Waals surface area contributed by atoms with Crippen LogP contribution in [0.5, 0.6) is 0 Å². The Balaban J connectivity index is 1.28. The predicted molar refractivity (Wildman–Crippen MR) is 98.9 cm³/mol. The van der Waals surface area contributed by atoms with Crippen LogP contribution in [0.2, 0.25) is 0 Å². The van der Waals surface area contributed by atoms with Crippen molar-refractivity contribution in [2.45, 2.75) is 38.0 Å². The van der Waals surface area contributed by atoms with E-state index in [-0.39, 0.29) is 24.2 Å². The van der Waals surface area contributed by atoms with Crippen LogP contribution in [0.1, 0.15) is 25.7 Å². The Bertz CT molecular complexity index is 684. The van der Waals surface area contributed by atoms with Gasteiger partial charge in [0.15, 0.2) is 5.82 Å². The quantitative estimate of drug-likeness (QED) is 0.711. The van der Waals surface area contributed by atoms with E-state index in [1.54, 1.807) is 16.9 Å². The number of rotatable bonds is 4. The molecule has 3 atom stereocenters. The van der Waals surface area contributed by atoms with Crippen LogP contribution >= 0.6 is 0 Å². The molecule has 0 spiro atoms. The molecule has 3 saturated heterocycles. The summed E-state index contributed by atoms with van der Waals surface area (Å²) in [4.78, 5) is 26.4. The van der Waals surface area contributed by atoms with Gasteiger partial charge in [0.2, 0.25) is 5.91 Å². The summed E-state index contributed by atoms with van der Waals surface area (Å²) in [6, 6.07) is 1.82. The van der Waals surface area contributed by atoms with Crippen molar-refractivity contribution in [1.82, 2.24) is 25.3 Å². The minimum Gasteiger partial charge on any atom is -0.358 e. The SMILES string of the molecule is Cn1ccc(NC(=O)CN2CCC([C@@H]3NC(=O)N[C@H]4OCCC[C@H]43)CC2)n1. The van der Waals surface area contributed by atoms with Crippen LogP contribution in [0.25, 0.3) is 0 Å². The highest BCUT2D eigenvalue weighted by Crippen LogP contribution is 2.33. The first-order chi connectivity index (χ1) is 13.1. The number of fused-ring (bicyclic) bond motifs is 1. The first-order valence-corrected chi connectivity index (χ1v) is 9.79. The van der Waals surface area contributed by atoms with Crippen LogP contribution in [-0.2, 0) is 16.6 Å². The van der Waals surface area contributed by atoms with Gasteiger partial charge in [-0.1, -0.05) is 0 Å². The number of urea groups is 1. The number of carbonyl (C=O) groups excluding carboxylic acids is 2. The lowest BCUT2D eigenvalue weighted by Crippen LogP contribution is -2.65. The fourth-order valence-electron chi connectivity index (χ4n) is 4.55. The first kappa shape index (κ1) is 18.2. The molecule has 0 aromatic carbocycles. The van der Waals surface area contributed by atoms with Crippen LogP contribution < -0.4 is 16.0 Å². The molecule has 148 valence electrons. The van der Waals surface area contributed by atoms with Crippen molar-refractivity contribution < 1.29 is 14.3 Å². The maximum absolute atomic E-state index is 12.2. The molecule has 9 heteroatoms. The maximum atomic E-state index is 12.2. The molecule has 0 unspecified atom stereocenters. The Kier molecular flexibility index (Phi) is 5.31. The van der Waals surface area contributed by atoms with Gasteiger partial charge in [-0.25, -0.2) is 4.79 Å². The summed E-state index contributed by atoms with van der Waals surface area (Å²) >= 11 is 0. The summed E-state index contributed by atoms with van der Waals surface area (Å²) in [5.41, 5.74) is 0. The van der Waals surface area contributed by atoms with E-state index in [0.29, 0.717) is 24.2 Å². The molecule has 1 aromatic heterocycles. The Labute approximate surface area is 158 Å². The van der Waals surface area contributed by atoms with Crippen molar-refractivity contribution in [3.63, 3.8) is 0 Å². The van der Waals surface area contributed by atoms with Crippen molar-refractivity contribution in [2.75, 3.05) is 31.6 Å². The highest BCUT2D eigenvalue weighted by molar-refractivity contribution is 5.91. The molecule has 3 fully saturated rings. The zero-order valence-electron chi connectivity index (χ0n) is 15.7. The number of piperidine rings is 1. The van der Waals surface area contributed by atoms with E-state index >= 15 is 0 Å². The van der Waals surface area contributed by atoms with Crippen molar-refractivity contribution >= 4 is 17.8 Å². The molecule has 0 bridgehead atoms. The number of amides is 3. The summed E-state index contributed by atoms with van der Waals surface area (Å²) in [6.07, 6.45) is 5.73. The Morgan fingerprint density at radius 3 is 2.89 bits per heavy atom. The molecule has 3 N–H and O–H groups in total. The molecule has 0 saturated carbocycles. The number of hydrogen-bond donors (Lipinski definition) is 3. The van der Waals surface area contributed by atoms with Gasteiger partial charge in [0.1, 0.15) is 6.23 Å². The van der Waals surface area contributed by atoms with E-state index in [1.165, 1.54) is 0 Å². The molecule has 1 aromatic rings. The molecule has 27 heavy (non-hydrogen) atoms. The van der Waals surface area contributed by atoms with E-state index < -0.39 is 0 Å². The number of anilines is 1. The van der Waals surface area contributed by atoms with Crippen molar-refractivity contribution in [3.05, 3.63) is 12.3 Å². The number of aromatic nitrogens is 2. The molecule has 3 aliphatic heterocycles. The summed E-state index contributed by atoms with van der Waals surface area (Å²) < 4.78 is 7.43. The molecule has 3 aliphatic rings. The molecule has 4 rings (SSSR count). The van der Waals surface area contributed by atoms with Crippen LogP contribution in [0, 0.1) is 11.8 Å². The molecular formula is C18H28N6O3. The number of nitrogens with zero attached hydrogens (tertiary/aromatic N) is 3. The lowest BCUT2D eigenvalue weighted by Gasteiger charge is -2.46. The normalized spacial score (nSPS) is 29.5. The molecule has 0 aliphatic carbocycles. The number of ether oxygens (including phenoxy) is 1. The van der Waals surface area contributed by atoms with Gasteiger partial charge in [-0.05, 0) is 44.7 Å². The van der Waals surface area contributed by atoms with Crippen LogP contribution in [0.4, 0.5) is 10.6 Å². The Morgan fingerprint density at radius 1 is 1.33 bits per heavy atom. The number of aryl methyl sites for hydroxylation is 1. The van der Waals surface area contributed by atoms with E-state index in [0.717, 1.165) is 45.4 Å². The number of carbonyl (C=O) groups is 2. The Hall–Kier alpha value is -2.13. The van der Waals surface area contributed by atoms with E-state index in [1.807, 2.05) is 7.05 Å². The second-order valence-electron chi connectivity index (χ2n) is 7.78. The van der Waals surface area contributed by atoms with Gasteiger partial charge in [0, 0.05) is 37.9 Å². The summed E-state index contributed by atoms with van der Waals surface area (Å²) in [5.74, 6) is 1.31. The number of hydrogen-bond acceptors (Lipinski definition) is 5. The van der Waals surface area contributed by atoms with Gasteiger partial charge in [-0.3, -0.25) is 14.4 Å². The van der Waals surface area contributed by atoms with Crippen molar-refractivity contribution in [3.8, 4) is 0 Å². The van der Waals surface area contributed by atoms with Crippen LogP contribution in [0.15, 0.2) is 12.3 Å². The fourth-order valence-corrected chi connectivity index (χ4v) is 4.55. The van der Waals surface area contributed by atoms with E-state index in [2.05, 4.69) is 25.9 Å². The maximum Gasteiger partial charge on any atom is 0.317 e. The van der Waals surface area contributed by atoms with Gasteiger partial charge in [-0.15, -0.1) is 0 Å². The first-order valence-electron chi connectivity index (χ1n) is 9.79. The van der Waals surface area contributed by atoms with Gasteiger partial charge < -0.3 is 20.7 Å². The second kappa shape index (κ2) is 7.85. The average Bonchev–Trinajstić information content (AvgIpc) is 3.06.